The molecule has 158 valence electrons. The summed E-state index contributed by atoms with van der Waals surface area (Å²) < 4.78 is 54.3. The van der Waals surface area contributed by atoms with Gasteiger partial charge in [0.05, 0.1) is 18.8 Å². The zero-order chi connectivity index (χ0) is 20.9. The Labute approximate surface area is 163 Å². The molecule has 1 aromatic rings. The van der Waals surface area contributed by atoms with E-state index in [-0.39, 0.29) is 17.9 Å². The molecule has 8 heteroatoms. The first-order valence-corrected chi connectivity index (χ1v) is 9.25. The minimum absolute atomic E-state index is 0.0312. The SMILES string of the molecule is COCC1CC(COc2ccc(C(F)(F)F)cc2)CN(C(=O)OC(C)(C)C)C1. The number of likely N-dealkylation sites (tertiary alicyclic amines) is 1. The molecule has 5 nitrogen and oxygen atoms in total. The number of carbonyl (C=O) groups is 1. The van der Waals surface area contributed by atoms with E-state index in [0.29, 0.717) is 32.1 Å². The van der Waals surface area contributed by atoms with Crippen molar-refractivity contribution in [3.63, 3.8) is 0 Å². The number of nitrogens with zero attached hydrogens (tertiary/aromatic N) is 1. The Morgan fingerprint density at radius 2 is 1.64 bits per heavy atom. The topological polar surface area (TPSA) is 48.0 Å². The fourth-order valence-electron chi connectivity index (χ4n) is 3.23. The predicted octanol–water partition coefficient (Wildman–Crippen LogP) is 4.60. The molecule has 1 aliphatic heterocycles. The third-order valence-corrected chi connectivity index (χ3v) is 4.35. The summed E-state index contributed by atoms with van der Waals surface area (Å²) in [5.74, 6) is 0.543. The van der Waals surface area contributed by atoms with Gasteiger partial charge in [0.1, 0.15) is 11.4 Å². The van der Waals surface area contributed by atoms with Crippen LogP contribution in [0.15, 0.2) is 24.3 Å². The lowest BCUT2D eigenvalue weighted by Crippen LogP contribution is -2.48. The number of halogens is 3. The summed E-state index contributed by atoms with van der Waals surface area (Å²) in [5.41, 5.74) is -1.30. The third-order valence-electron chi connectivity index (χ3n) is 4.35. The summed E-state index contributed by atoms with van der Waals surface area (Å²) in [6.07, 6.45) is -3.95. The van der Waals surface area contributed by atoms with E-state index in [0.717, 1.165) is 18.6 Å². The summed E-state index contributed by atoms with van der Waals surface area (Å²) in [6.45, 7) is 7.25. The van der Waals surface area contributed by atoms with Crippen molar-refractivity contribution in [1.29, 1.82) is 0 Å². The van der Waals surface area contributed by atoms with E-state index in [9.17, 15) is 18.0 Å². The molecule has 1 amide bonds. The first-order valence-electron chi connectivity index (χ1n) is 9.25. The molecule has 0 aromatic heterocycles. The van der Waals surface area contributed by atoms with Crippen molar-refractivity contribution in [2.24, 2.45) is 11.8 Å². The average Bonchev–Trinajstić information content (AvgIpc) is 2.58. The number of rotatable bonds is 5. The number of alkyl halides is 3. The molecular formula is C20H28F3NO4. The molecule has 0 aliphatic carbocycles. The normalized spacial score (nSPS) is 20.8. The number of carbonyl (C=O) groups excluding carboxylic acids is 1. The van der Waals surface area contributed by atoms with Crippen molar-refractivity contribution >= 4 is 6.09 Å². The van der Waals surface area contributed by atoms with Gasteiger partial charge in [-0.2, -0.15) is 13.2 Å². The molecule has 0 N–H and O–H groups in total. The Bertz CT molecular complexity index is 640. The zero-order valence-corrected chi connectivity index (χ0v) is 16.7. The maximum Gasteiger partial charge on any atom is 0.416 e. The Morgan fingerprint density at radius 3 is 2.14 bits per heavy atom. The smallest absolute Gasteiger partial charge is 0.416 e. The van der Waals surface area contributed by atoms with Crippen LogP contribution >= 0.6 is 0 Å². The quantitative estimate of drug-likeness (QED) is 0.721. The van der Waals surface area contributed by atoms with Gasteiger partial charge in [-0.3, -0.25) is 0 Å². The van der Waals surface area contributed by atoms with E-state index in [1.54, 1.807) is 12.0 Å². The van der Waals surface area contributed by atoms with Crippen LogP contribution in [0.4, 0.5) is 18.0 Å². The van der Waals surface area contributed by atoms with Crippen LogP contribution in [0.25, 0.3) is 0 Å². The molecule has 0 spiro atoms. The fraction of sp³-hybridized carbons (Fsp3) is 0.650. The van der Waals surface area contributed by atoms with Gasteiger partial charge in [0.2, 0.25) is 0 Å². The van der Waals surface area contributed by atoms with Crippen LogP contribution in [-0.4, -0.2) is 50.0 Å². The number of hydrogen-bond donors (Lipinski definition) is 0. The summed E-state index contributed by atoms with van der Waals surface area (Å²) in [4.78, 5) is 14.1. The molecule has 1 fully saturated rings. The molecule has 2 atom stereocenters. The highest BCUT2D eigenvalue weighted by Gasteiger charge is 2.33. The molecule has 0 saturated carbocycles. The van der Waals surface area contributed by atoms with Crippen LogP contribution in [0.3, 0.4) is 0 Å². The Balaban J connectivity index is 1.97. The van der Waals surface area contributed by atoms with Gasteiger partial charge in [-0.15, -0.1) is 0 Å². The summed E-state index contributed by atoms with van der Waals surface area (Å²) in [7, 11) is 1.61. The van der Waals surface area contributed by atoms with Crippen LogP contribution in [0.5, 0.6) is 5.75 Å². The van der Waals surface area contributed by atoms with Crippen molar-refractivity contribution in [3.8, 4) is 5.75 Å². The van der Waals surface area contributed by atoms with E-state index in [4.69, 9.17) is 14.2 Å². The second-order valence-electron chi connectivity index (χ2n) is 8.14. The fourth-order valence-corrected chi connectivity index (χ4v) is 3.23. The number of amides is 1. The van der Waals surface area contributed by atoms with Gasteiger partial charge in [0.15, 0.2) is 0 Å². The van der Waals surface area contributed by atoms with Gasteiger partial charge in [-0.25, -0.2) is 4.79 Å². The van der Waals surface area contributed by atoms with Crippen molar-refractivity contribution in [2.45, 2.75) is 39.0 Å². The average molecular weight is 403 g/mol. The molecule has 28 heavy (non-hydrogen) atoms. The number of benzene rings is 1. The maximum atomic E-state index is 12.6. The van der Waals surface area contributed by atoms with Crippen molar-refractivity contribution in [1.82, 2.24) is 4.90 Å². The number of hydrogen-bond acceptors (Lipinski definition) is 4. The highest BCUT2D eigenvalue weighted by atomic mass is 19.4. The van der Waals surface area contributed by atoms with Crippen LogP contribution in [0, 0.1) is 11.8 Å². The predicted molar refractivity (Wildman–Crippen MR) is 98.2 cm³/mol. The molecule has 1 aliphatic rings. The van der Waals surface area contributed by atoms with Gasteiger partial charge in [-0.05, 0) is 51.5 Å². The van der Waals surface area contributed by atoms with E-state index < -0.39 is 17.3 Å². The molecule has 2 rings (SSSR count). The van der Waals surface area contributed by atoms with Crippen LogP contribution in [0.2, 0.25) is 0 Å². The largest absolute Gasteiger partial charge is 0.493 e. The Kier molecular flexibility index (Phi) is 7.20. The lowest BCUT2D eigenvalue weighted by Gasteiger charge is -2.38. The van der Waals surface area contributed by atoms with Crippen LogP contribution in [-0.2, 0) is 15.7 Å². The lowest BCUT2D eigenvalue weighted by atomic mass is 9.90. The standard InChI is InChI=1S/C20H28F3NO4/c1-19(2,3)28-18(25)24-10-14(12-26-4)9-15(11-24)13-27-17-7-5-16(6-8-17)20(21,22)23/h5-8,14-15H,9-13H2,1-4H3. The third kappa shape index (κ3) is 6.89. The highest BCUT2D eigenvalue weighted by molar-refractivity contribution is 5.68. The van der Waals surface area contributed by atoms with Crippen LogP contribution in [0.1, 0.15) is 32.8 Å². The lowest BCUT2D eigenvalue weighted by molar-refractivity contribution is -0.137. The van der Waals surface area contributed by atoms with E-state index in [1.165, 1.54) is 12.1 Å². The van der Waals surface area contributed by atoms with Crippen molar-refractivity contribution < 1.29 is 32.2 Å². The summed E-state index contributed by atoms with van der Waals surface area (Å²) in [6, 6.07) is 4.61. The minimum Gasteiger partial charge on any atom is -0.493 e. The second-order valence-corrected chi connectivity index (χ2v) is 8.14. The highest BCUT2D eigenvalue weighted by Crippen LogP contribution is 2.31. The molecule has 0 bridgehead atoms. The monoisotopic (exact) mass is 403 g/mol. The minimum atomic E-state index is -4.37. The molecule has 1 heterocycles. The second kappa shape index (κ2) is 9.03. The van der Waals surface area contributed by atoms with Crippen LogP contribution < -0.4 is 4.74 Å². The number of ether oxygens (including phenoxy) is 3. The molecule has 1 aromatic carbocycles. The Hall–Kier alpha value is -1.96. The van der Waals surface area contributed by atoms with Gasteiger partial charge >= 0.3 is 12.3 Å². The van der Waals surface area contributed by atoms with Gasteiger partial charge < -0.3 is 19.1 Å². The molecular weight excluding hydrogens is 375 g/mol. The first kappa shape index (κ1) is 22.3. The van der Waals surface area contributed by atoms with Crippen molar-refractivity contribution in [3.05, 3.63) is 29.8 Å². The Morgan fingerprint density at radius 1 is 1.07 bits per heavy atom. The number of methoxy groups -OCH3 is 1. The van der Waals surface area contributed by atoms with E-state index in [2.05, 4.69) is 0 Å². The summed E-state index contributed by atoms with van der Waals surface area (Å²) >= 11 is 0. The molecule has 1 saturated heterocycles. The zero-order valence-electron chi connectivity index (χ0n) is 16.7. The maximum absolute atomic E-state index is 12.6. The van der Waals surface area contributed by atoms with Gasteiger partial charge in [0, 0.05) is 32.0 Å². The number of piperidine rings is 1. The van der Waals surface area contributed by atoms with E-state index in [1.807, 2.05) is 20.8 Å². The molecule has 2 unspecified atom stereocenters. The van der Waals surface area contributed by atoms with E-state index >= 15 is 0 Å². The first-order chi connectivity index (χ1) is 13.0. The summed E-state index contributed by atoms with van der Waals surface area (Å²) in [5, 5.41) is 0. The van der Waals surface area contributed by atoms with Gasteiger partial charge in [0.25, 0.3) is 0 Å². The molecule has 0 radical (unpaired) electrons. The van der Waals surface area contributed by atoms with Crippen molar-refractivity contribution in [2.75, 3.05) is 33.4 Å². The van der Waals surface area contributed by atoms with Gasteiger partial charge in [-0.1, -0.05) is 0 Å².